The average molecular weight is 261 g/mol. The molecule has 0 aromatic carbocycles. The molecule has 0 saturated heterocycles. The van der Waals surface area contributed by atoms with Crippen LogP contribution in [0.25, 0.3) is 11.1 Å². The molecule has 0 atom stereocenters. The minimum Gasteiger partial charge on any atom is -0.478 e. The monoisotopic (exact) mass is 261 g/mol. The molecule has 1 N–H and O–H groups in total. The molecule has 0 amide bonds. The number of hydrogen-bond acceptors (Lipinski definition) is 2. The Morgan fingerprint density at radius 3 is 2.74 bits per heavy atom. The Hall–Kier alpha value is -2.43. The Morgan fingerprint density at radius 2 is 2.16 bits per heavy atom. The van der Waals surface area contributed by atoms with Gasteiger partial charge in [0.15, 0.2) is 5.43 Å². The lowest BCUT2D eigenvalue weighted by atomic mass is 9.97. The normalized spacial score (nSPS) is 10.6. The van der Waals surface area contributed by atoms with Crippen molar-refractivity contribution in [1.82, 2.24) is 4.57 Å². The smallest absolute Gasteiger partial charge is 0.338 e. The lowest BCUT2D eigenvalue weighted by Gasteiger charge is -2.18. The van der Waals surface area contributed by atoms with Gasteiger partial charge in [-0.1, -0.05) is 6.08 Å². The van der Waals surface area contributed by atoms with Crippen LogP contribution in [0.4, 0.5) is 4.39 Å². The van der Waals surface area contributed by atoms with Crippen molar-refractivity contribution >= 4 is 5.97 Å². The molecule has 1 aliphatic carbocycles. The van der Waals surface area contributed by atoms with E-state index in [4.69, 9.17) is 0 Å². The summed E-state index contributed by atoms with van der Waals surface area (Å²) in [5, 5.41) is 9.27. The van der Waals surface area contributed by atoms with Gasteiger partial charge in [-0.15, -0.1) is 6.58 Å². The minimum absolute atomic E-state index is 0.0593. The van der Waals surface area contributed by atoms with Gasteiger partial charge in [0.1, 0.15) is 5.82 Å². The number of benzene rings is 1. The number of rotatable bonds is 3. The van der Waals surface area contributed by atoms with E-state index in [1.54, 1.807) is 17.6 Å². The number of fused-ring (bicyclic) bond motifs is 1. The number of hydrogen-bond donors (Lipinski definition) is 1. The quantitative estimate of drug-likeness (QED) is 0.862. The molecular formula is C14H12FNO3. The van der Waals surface area contributed by atoms with E-state index in [0.29, 0.717) is 12.2 Å². The number of halogens is 1. The number of aromatic carboxylic acids is 1. The second-order valence-electron chi connectivity index (χ2n) is 4.20. The molecule has 5 heteroatoms. The van der Waals surface area contributed by atoms with Gasteiger partial charge in [-0.05, 0) is 13.0 Å². The lowest BCUT2D eigenvalue weighted by molar-refractivity contribution is 0.0696. The van der Waals surface area contributed by atoms with Crippen molar-refractivity contribution in [3.63, 3.8) is 0 Å². The van der Waals surface area contributed by atoms with Gasteiger partial charge in [-0.25, -0.2) is 9.18 Å². The van der Waals surface area contributed by atoms with Crippen molar-refractivity contribution in [2.45, 2.75) is 13.5 Å². The highest BCUT2D eigenvalue weighted by Crippen LogP contribution is 2.29. The first-order valence-corrected chi connectivity index (χ1v) is 5.63. The van der Waals surface area contributed by atoms with E-state index in [2.05, 4.69) is 6.58 Å². The molecule has 0 bridgehead atoms. The summed E-state index contributed by atoms with van der Waals surface area (Å²) < 4.78 is 15.4. The van der Waals surface area contributed by atoms with Crippen LogP contribution < -0.4 is 5.43 Å². The molecule has 1 aliphatic heterocycles. The molecule has 0 aromatic rings. The Kier molecular flexibility index (Phi) is 3.21. The summed E-state index contributed by atoms with van der Waals surface area (Å²) >= 11 is 0. The Balaban J connectivity index is 2.94. The van der Waals surface area contributed by atoms with Gasteiger partial charge in [-0.3, -0.25) is 4.79 Å². The summed E-state index contributed by atoms with van der Waals surface area (Å²) in [4.78, 5) is 22.7. The molecule has 2 rings (SSSR count). The summed E-state index contributed by atoms with van der Waals surface area (Å²) in [6, 6.07) is 1.99. The predicted molar refractivity (Wildman–Crippen MR) is 69.2 cm³/mol. The fourth-order valence-electron chi connectivity index (χ4n) is 2.12. The SMILES string of the molecule is C=CCn1cc2c(F)cc(=O)cc-2c(C(=O)O)c1C. The Morgan fingerprint density at radius 1 is 1.47 bits per heavy atom. The maximum absolute atomic E-state index is 13.8. The summed E-state index contributed by atoms with van der Waals surface area (Å²) in [7, 11) is 0. The van der Waals surface area contributed by atoms with Gasteiger partial charge in [0.2, 0.25) is 0 Å². The molecule has 0 unspecified atom stereocenters. The summed E-state index contributed by atoms with van der Waals surface area (Å²) in [5.74, 6) is -1.91. The number of nitrogens with zero attached hydrogens (tertiary/aromatic N) is 1. The minimum atomic E-state index is -1.19. The van der Waals surface area contributed by atoms with Crippen LogP contribution in [0.5, 0.6) is 0 Å². The zero-order chi connectivity index (χ0) is 14.2. The van der Waals surface area contributed by atoms with Crippen molar-refractivity contribution in [1.29, 1.82) is 0 Å². The van der Waals surface area contributed by atoms with Crippen LogP contribution in [0.3, 0.4) is 0 Å². The Labute approximate surface area is 108 Å². The maximum Gasteiger partial charge on any atom is 0.338 e. The number of carboxylic acid groups (broad SMARTS) is 1. The number of allylic oxidation sites excluding steroid dienone is 1. The molecule has 0 radical (unpaired) electrons. The maximum atomic E-state index is 13.8. The number of carbonyl (C=O) groups is 1. The van der Waals surface area contributed by atoms with E-state index in [0.717, 1.165) is 12.1 Å². The van der Waals surface area contributed by atoms with Crippen LogP contribution in [0.1, 0.15) is 16.1 Å². The highest BCUT2D eigenvalue weighted by molar-refractivity contribution is 5.97. The predicted octanol–water partition coefficient (Wildman–Crippen LogP) is 2.28. The van der Waals surface area contributed by atoms with Crippen LogP contribution in [-0.4, -0.2) is 15.6 Å². The van der Waals surface area contributed by atoms with Crippen LogP contribution in [-0.2, 0) is 6.54 Å². The van der Waals surface area contributed by atoms with Crippen molar-refractivity contribution < 1.29 is 14.3 Å². The van der Waals surface area contributed by atoms with E-state index in [-0.39, 0.29) is 16.7 Å². The average Bonchev–Trinajstić information content (AvgIpc) is 2.30. The summed E-state index contributed by atoms with van der Waals surface area (Å²) in [5.41, 5.74) is 0.0778. The van der Waals surface area contributed by atoms with Crippen LogP contribution in [0.15, 0.2) is 35.8 Å². The topological polar surface area (TPSA) is 59.3 Å². The number of aromatic nitrogens is 1. The first kappa shape index (κ1) is 13.0. The largest absolute Gasteiger partial charge is 0.478 e. The van der Waals surface area contributed by atoms with Crippen LogP contribution >= 0.6 is 0 Å². The van der Waals surface area contributed by atoms with Crippen molar-refractivity contribution in [3.8, 4) is 11.1 Å². The van der Waals surface area contributed by atoms with Gasteiger partial charge in [0.25, 0.3) is 0 Å². The standard InChI is InChI=1S/C14H12FNO3/c1-3-4-16-7-11-10(5-9(17)6-12(11)15)13(8(16)2)14(18)19/h3,5-7H,1,4H2,2H3,(H,18,19). The number of carboxylic acids is 1. The summed E-state index contributed by atoms with van der Waals surface area (Å²) in [6.07, 6.45) is 3.08. The van der Waals surface area contributed by atoms with E-state index >= 15 is 0 Å². The molecule has 1 heterocycles. The van der Waals surface area contributed by atoms with Crippen molar-refractivity contribution in [3.05, 3.63) is 58.3 Å². The second-order valence-corrected chi connectivity index (χ2v) is 4.20. The van der Waals surface area contributed by atoms with E-state index in [1.807, 2.05) is 0 Å². The third-order valence-corrected chi connectivity index (χ3v) is 2.99. The Bertz CT molecular complexity index is 703. The molecular weight excluding hydrogens is 249 g/mol. The molecule has 4 nitrogen and oxygen atoms in total. The molecule has 0 aromatic heterocycles. The molecule has 98 valence electrons. The fraction of sp³-hybridized carbons (Fsp3) is 0.143. The molecule has 0 saturated carbocycles. The first-order chi connectivity index (χ1) is 8.95. The molecule has 19 heavy (non-hydrogen) atoms. The highest BCUT2D eigenvalue weighted by Gasteiger charge is 2.22. The van der Waals surface area contributed by atoms with Crippen LogP contribution in [0.2, 0.25) is 0 Å². The first-order valence-electron chi connectivity index (χ1n) is 5.63. The van der Waals surface area contributed by atoms with Gasteiger partial charge in [-0.2, -0.15) is 0 Å². The second kappa shape index (κ2) is 4.68. The highest BCUT2D eigenvalue weighted by atomic mass is 19.1. The summed E-state index contributed by atoms with van der Waals surface area (Å²) in [6.45, 7) is 5.55. The van der Waals surface area contributed by atoms with Gasteiger partial charge in [0.05, 0.1) is 5.56 Å². The van der Waals surface area contributed by atoms with E-state index < -0.39 is 17.2 Å². The van der Waals surface area contributed by atoms with Crippen molar-refractivity contribution in [2.24, 2.45) is 0 Å². The fourth-order valence-corrected chi connectivity index (χ4v) is 2.12. The van der Waals surface area contributed by atoms with Crippen molar-refractivity contribution in [2.75, 3.05) is 0 Å². The van der Waals surface area contributed by atoms with Gasteiger partial charge in [0, 0.05) is 35.6 Å². The third kappa shape index (κ3) is 2.14. The molecule has 0 fully saturated rings. The third-order valence-electron chi connectivity index (χ3n) is 2.99. The van der Waals surface area contributed by atoms with Crippen LogP contribution in [0, 0.1) is 12.7 Å². The van der Waals surface area contributed by atoms with E-state index in [1.165, 1.54) is 6.20 Å². The van der Waals surface area contributed by atoms with E-state index in [9.17, 15) is 19.1 Å². The van der Waals surface area contributed by atoms with Gasteiger partial charge >= 0.3 is 5.97 Å². The zero-order valence-electron chi connectivity index (χ0n) is 10.3. The lowest BCUT2D eigenvalue weighted by Crippen LogP contribution is -2.15. The van der Waals surface area contributed by atoms with Gasteiger partial charge < -0.3 is 9.67 Å². The zero-order valence-corrected chi connectivity index (χ0v) is 10.3. The molecule has 0 spiro atoms. The molecule has 2 aliphatic rings. The number of pyridine rings is 1.